The van der Waals surface area contributed by atoms with E-state index in [0.29, 0.717) is 6.54 Å². The van der Waals surface area contributed by atoms with Crippen LogP contribution in [0.3, 0.4) is 0 Å². The standard InChI is InChI=1S/C12H14F2N2O2/c1-8-2-3-9(6-16-8)5-15-7-10-4-12(13,14)11(17)18-10/h2-3,6,10,15H,4-5,7H2,1H3. The number of halogens is 2. The Morgan fingerprint density at radius 1 is 1.56 bits per heavy atom. The first-order chi connectivity index (χ1) is 8.47. The van der Waals surface area contributed by atoms with E-state index in [9.17, 15) is 13.6 Å². The summed E-state index contributed by atoms with van der Waals surface area (Å²) < 4.78 is 30.3. The molecule has 1 fully saturated rings. The van der Waals surface area contributed by atoms with Crippen molar-refractivity contribution in [3.63, 3.8) is 0 Å². The van der Waals surface area contributed by atoms with Crippen LogP contribution in [-0.2, 0) is 16.1 Å². The number of esters is 1. The van der Waals surface area contributed by atoms with Gasteiger partial charge in [-0.25, -0.2) is 4.79 Å². The molecule has 4 nitrogen and oxygen atoms in total. The van der Waals surface area contributed by atoms with Crippen LogP contribution >= 0.6 is 0 Å². The van der Waals surface area contributed by atoms with Crippen LogP contribution in [0.2, 0.25) is 0 Å². The van der Waals surface area contributed by atoms with E-state index in [0.717, 1.165) is 11.3 Å². The van der Waals surface area contributed by atoms with Gasteiger partial charge in [-0.05, 0) is 18.6 Å². The molecule has 1 unspecified atom stereocenters. The van der Waals surface area contributed by atoms with Crippen molar-refractivity contribution in [2.45, 2.75) is 31.9 Å². The molecular weight excluding hydrogens is 242 g/mol. The van der Waals surface area contributed by atoms with Crippen LogP contribution in [0.25, 0.3) is 0 Å². The smallest absolute Gasteiger partial charge is 0.377 e. The highest BCUT2D eigenvalue weighted by Gasteiger charge is 2.50. The first kappa shape index (κ1) is 12.9. The maximum Gasteiger partial charge on any atom is 0.377 e. The lowest BCUT2D eigenvalue weighted by Crippen LogP contribution is -2.26. The van der Waals surface area contributed by atoms with E-state index in [1.54, 1.807) is 6.20 Å². The van der Waals surface area contributed by atoms with Crippen molar-refractivity contribution in [1.82, 2.24) is 10.3 Å². The third-order valence-corrected chi connectivity index (χ3v) is 2.73. The Hall–Kier alpha value is -1.56. The van der Waals surface area contributed by atoms with Crippen molar-refractivity contribution in [1.29, 1.82) is 0 Å². The predicted molar refractivity (Wildman–Crippen MR) is 60.1 cm³/mol. The van der Waals surface area contributed by atoms with E-state index in [1.807, 2.05) is 19.1 Å². The Balaban J connectivity index is 1.77. The minimum absolute atomic E-state index is 0.217. The molecule has 0 saturated carbocycles. The highest BCUT2D eigenvalue weighted by Crippen LogP contribution is 2.30. The van der Waals surface area contributed by atoms with E-state index in [2.05, 4.69) is 15.0 Å². The number of carbonyl (C=O) groups excluding carboxylic acids is 1. The summed E-state index contributed by atoms with van der Waals surface area (Å²) in [4.78, 5) is 14.9. The third kappa shape index (κ3) is 3.01. The Kier molecular flexibility index (Phi) is 3.56. The number of hydrogen-bond acceptors (Lipinski definition) is 4. The molecule has 1 aliphatic heterocycles. The molecule has 0 bridgehead atoms. The molecule has 0 spiro atoms. The third-order valence-electron chi connectivity index (χ3n) is 2.73. The van der Waals surface area contributed by atoms with Crippen LogP contribution < -0.4 is 5.32 Å². The number of aryl methyl sites for hydroxylation is 1. The SMILES string of the molecule is Cc1ccc(CNCC2CC(F)(F)C(=O)O2)cn1. The maximum absolute atomic E-state index is 12.9. The van der Waals surface area contributed by atoms with E-state index in [4.69, 9.17) is 0 Å². The predicted octanol–water partition coefficient (Wildman–Crippen LogP) is 1.43. The van der Waals surface area contributed by atoms with Crippen molar-refractivity contribution in [3.05, 3.63) is 29.6 Å². The van der Waals surface area contributed by atoms with E-state index < -0.39 is 24.4 Å². The second-order valence-corrected chi connectivity index (χ2v) is 4.37. The second-order valence-electron chi connectivity index (χ2n) is 4.37. The van der Waals surface area contributed by atoms with Crippen LogP contribution in [0.1, 0.15) is 17.7 Å². The Morgan fingerprint density at radius 3 is 2.89 bits per heavy atom. The lowest BCUT2D eigenvalue weighted by atomic mass is 10.2. The van der Waals surface area contributed by atoms with E-state index >= 15 is 0 Å². The van der Waals surface area contributed by atoms with Crippen LogP contribution in [0, 0.1) is 6.92 Å². The molecule has 1 atom stereocenters. The summed E-state index contributed by atoms with van der Waals surface area (Å²) >= 11 is 0. The monoisotopic (exact) mass is 256 g/mol. The van der Waals surface area contributed by atoms with Crippen LogP contribution in [0.4, 0.5) is 8.78 Å². The maximum atomic E-state index is 12.9. The molecule has 1 aromatic heterocycles. The zero-order valence-corrected chi connectivity index (χ0v) is 9.95. The first-order valence-electron chi connectivity index (χ1n) is 5.68. The quantitative estimate of drug-likeness (QED) is 0.828. The number of nitrogens with one attached hydrogen (secondary N) is 1. The molecule has 1 aliphatic rings. The number of pyridine rings is 1. The van der Waals surface area contributed by atoms with Crippen LogP contribution in [-0.4, -0.2) is 29.5 Å². The zero-order valence-electron chi connectivity index (χ0n) is 9.95. The average molecular weight is 256 g/mol. The van der Waals surface area contributed by atoms with E-state index in [1.165, 1.54) is 0 Å². The molecular formula is C12H14F2N2O2. The number of carbonyl (C=O) groups is 1. The van der Waals surface area contributed by atoms with Gasteiger partial charge in [-0.1, -0.05) is 6.07 Å². The number of cyclic esters (lactones) is 1. The first-order valence-corrected chi connectivity index (χ1v) is 5.68. The van der Waals surface area contributed by atoms with Gasteiger partial charge >= 0.3 is 11.9 Å². The summed E-state index contributed by atoms with van der Waals surface area (Å²) in [6.07, 6.45) is 0.411. The Labute approximate surface area is 103 Å². The van der Waals surface area contributed by atoms with Gasteiger partial charge in [0.1, 0.15) is 6.10 Å². The zero-order chi connectivity index (χ0) is 13.2. The van der Waals surface area contributed by atoms with Gasteiger partial charge in [0.15, 0.2) is 0 Å². The van der Waals surface area contributed by atoms with Crippen molar-refractivity contribution in [2.75, 3.05) is 6.54 Å². The molecule has 98 valence electrons. The number of ether oxygens (including phenoxy) is 1. The molecule has 6 heteroatoms. The molecule has 18 heavy (non-hydrogen) atoms. The minimum Gasteiger partial charge on any atom is -0.456 e. The van der Waals surface area contributed by atoms with Crippen molar-refractivity contribution < 1.29 is 18.3 Å². The van der Waals surface area contributed by atoms with Gasteiger partial charge in [-0.15, -0.1) is 0 Å². The fraction of sp³-hybridized carbons (Fsp3) is 0.500. The van der Waals surface area contributed by atoms with Crippen molar-refractivity contribution >= 4 is 5.97 Å². The summed E-state index contributed by atoms with van der Waals surface area (Å²) in [7, 11) is 0. The van der Waals surface area contributed by atoms with Gasteiger partial charge in [0, 0.05) is 25.0 Å². The molecule has 1 N–H and O–H groups in total. The highest BCUT2D eigenvalue weighted by molar-refractivity contribution is 5.79. The fourth-order valence-electron chi connectivity index (χ4n) is 1.74. The second kappa shape index (κ2) is 4.97. The Morgan fingerprint density at radius 2 is 2.33 bits per heavy atom. The van der Waals surface area contributed by atoms with Crippen molar-refractivity contribution in [2.24, 2.45) is 0 Å². The minimum atomic E-state index is -3.34. The normalized spacial score (nSPS) is 21.9. The molecule has 0 aromatic carbocycles. The highest BCUT2D eigenvalue weighted by atomic mass is 19.3. The van der Waals surface area contributed by atoms with Crippen LogP contribution in [0.5, 0.6) is 0 Å². The molecule has 1 aromatic rings. The number of alkyl halides is 2. The fourth-order valence-corrected chi connectivity index (χ4v) is 1.74. The molecule has 0 amide bonds. The summed E-state index contributed by atoms with van der Waals surface area (Å²) in [5.41, 5.74) is 1.87. The average Bonchev–Trinajstić information content (AvgIpc) is 2.56. The van der Waals surface area contributed by atoms with Gasteiger partial charge in [0.2, 0.25) is 0 Å². The molecule has 0 aliphatic carbocycles. The van der Waals surface area contributed by atoms with Crippen LogP contribution in [0.15, 0.2) is 18.3 Å². The molecule has 2 heterocycles. The topological polar surface area (TPSA) is 51.2 Å². The number of hydrogen-bond donors (Lipinski definition) is 1. The van der Waals surface area contributed by atoms with Gasteiger partial charge < -0.3 is 10.1 Å². The molecule has 1 saturated heterocycles. The van der Waals surface area contributed by atoms with Crippen molar-refractivity contribution in [3.8, 4) is 0 Å². The molecule has 0 radical (unpaired) electrons. The largest absolute Gasteiger partial charge is 0.456 e. The lowest BCUT2D eigenvalue weighted by Gasteiger charge is -2.09. The summed E-state index contributed by atoms with van der Waals surface area (Å²) in [6.45, 7) is 2.61. The van der Waals surface area contributed by atoms with Gasteiger partial charge in [0.25, 0.3) is 0 Å². The lowest BCUT2D eigenvalue weighted by molar-refractivity contribution is -0.159. The summed E-state index contributed by atoms with van der Waals surface area (Å²) in [6, 6.07) is 3.78. The van der Waals surface area contributed by atoms with E-state index in [-0.39, 0.29) is 6.54 Å². The number of rotatable bonds is 4. The Bertz CT molecular complexity index is 434. The number of aromatic nitrogens is 1. The van der Waals surface area contributed by atoms with Gasteiger partial charge in [-0.2, -0.15) is 8.78 Å². The van der Waals surface area contributed by atoms with Gasteiger partial charge in [-0.3, -0.25) is 4.98 Å². The molecule has 2 rings (SSSR count). The summed E-state index contributed by atoms with van der Waals surface area (Å²) in [5.74, 6) is -4.76. The summed E-state index contributed by atoms with van der Waals surface area (Å²) in [5, 5.41) is 2.97. The number of nitrogens with zero attached hydrogens (tertiary/aromatic N) is 1. The van der Waals surface area contributed by atoms with Gasteiger partial charge in [0.05, 0.1) is 6.42 Å².